The highest BCUT2D eigenvalue weighted by molar-refractivity contribution is 6.06. The Balaban J connectivity index is 1.80. The number of hydrogen-bond donors (Lipinski definition) is 0. The van der Waals surface area contributed by atoms with Gasteiger partial charge in [0.1, 0.15) is 28.4 Å². The zero-order valence-electron chi connectivity index (χ0n) is 14.0. The van der Waals surface area contributed by atoms with E-state index in [0.717, 1.165) is 38.9 Å². The van der Waals surface area contributed by atoms with Crippen molar-refractivity contribution in [2.75, 3.05) is 14.2 Å². The van der Waals surface area contributed by atoms with Gasteiger partial charge < -0.3 is 13.9 Å². The third-order valence-electron chi connectivity index (χ3n) is 4.12. The Morgan fingerprint density at radius 1 is 0.840 bits per heavy atom. The van der Waals surface area contributed by atoms with Crippen molar-refractivity contribution in [3.63, 3.8) is 0 Å². The van der Waals surface area contributed by atoms with Gasteiger partial charge >= 0.3 is 0 Å². The molecule has 0 bridgehead atoms. The van der Waals surface area contributed by atoms with Gasteiger partial charge in [-0.25, -0.2) is 0 Å². The number of benzene rings is 3. The SMILES string of the molecule is COc1cccc(C=Nc2cc3oc4ccccc4c3cc2OC)c1. The molecule has 4 heteroatoms. The van der Waals surface area contributed by atoms with Crippen LogP contribution in [0.2, 0.25) is 0 Å². The first-order valence-electron chi connectivity index (χ1n) is 7.96. The Morgan fingerprint density at radius 2 is 1.72 bits per heavy atom. The van der Waals surface area contributed by atoms with Crippen molar-refractivity contribution >= 4 is 33.8 Å². The predicted molar refractivity (Wildman–Crippen MR) is 101 cm³/mol. The molecule has 0 fully saturated rings. The Bertz CT molecular complexity index is 1080. The van der Waals surface area contributed by atoms with Gasteiger partial charge in [-0.15, -0.1) is 0 Å². The Morgan fingerprint density at radius 3 is 2.56 bits per heavy atom. The summed E-state index contributed by atoms with van der Waals surface area (Å²) in [6, 6.07) is 19.6. The molecule has 0 N–H and O–H groups in total. The highest BCUT2D eigenvalue weighted by Gasteiger charge is 2.11. The maximum Gasteiger partial charge on any atom is 0.145 e. The van der Waals surface area contributed by atoms with Crippen molar-refractivity contribution in [2.45, 2.75) is 0 Å². The fourth-order valence-electron chi connectivity index (χ4n) is 2.87. The molecule has 124 valence electrons. The largest absolute Gasteiger partial charge is 0.497 e. The first-order valence-corrected chi connectivity index (χ1v) is 7.96. The van der Waals surface area contributed by atoms with Gasteiger partial charge in [-0.05, 0) is 29.8 Å². The van der Waals surface area contributed by atoms with Crippen LogP contribution in [0.3, 0.4) is 0 Å². The van der Waals surface area contributed by atoms with Crippen LogP contribution in [-0.4, -0.2) is 20.4 Å². The van der Waals surface area contributed by atoms with Crippen molar-refractivity contribution in [3.05, 3.63) is 66.2 Å². The van der Waals surface area contributed by atoms with Crippen molar-refractivity contribution in [3.8, 4) is 11.5 Å². The predicted octanol–water partition coefficient (Wildman–Crippen LogP) is 5.35. The summed E-state index contributed by atoms with van der Waals surface area (Å²) in [5.41, 5.74) is 3.32. The monoisotopic (exact) mass is 331 g/mol. The van der Waals surface area contributed by atoms with Crippen LogP contribution in [0.5, 0.6) is 11.5 Å². The van der Waals surface area contributed by atoms with E-state index in [1.54, 1.807) is 20.4 Å². The quantitative estimate of drug-likeness (QED) is 0.473. The number of hydrogen-bond acceptors (Lipinski definition) is 4. The smallest absolute Gasteiger partial charge is 0.145 e. The molecular formula is C21H17NO3. The summed E-state index contributed by atoms with van der Waals surface area (Å²) in [4.78, 5) is 4.58. The maximum absolute atomic E-state index is 5.93. The molecule has 0 unspecified atom stereocenters. The van der Waals surface area contributed by atoms with Crippen LogP contribution >= 0.6 is 0 Å². The van der Waals surface area contributed by atoms with Crippen LogP contribution in [0.15, 0.2) is 70.1 Å². The van der Waals surface area contributed by atoms with Gasteiger partial charge in [0, 0.05) is 23.1 Å². The molecule has 1 aromatic heterocycles. The molecule has 25 heavy (non-hydrogen) atoms. The second-order valence-corrected chi connectivity index (χ2v) is 5.65. The summed E-state index contributed by atoms with van der Waals surface area (Å²) < 4.78 is 16.7. The number of furan rings is 1. The van der Waals surface area contributed by atoms with E-state index in [0.29, 0.717) is 5.75 Å². The first kappa shape index (κ1) is 15.3. The molecule has 3 aromatic carbocycles. The minimum atomic E-state index is 0.707. The Hall–Kier alpha value is -3.27. The van der Waals surface area contributed by atoms with Crippen molar-refractivity contribution in [1.29, 1.82) is 0 Å². The molecule has 1 heterocycles. The van der Waals surface area contributed by atoms with Crippen LogP contribution in [0.1, 0.15) is 5.56 Å². The highest BCUT2D eigenvalue weighted by Crippen LogP contribution is 2.37. The van der Waals surface area contributed by atoms with Crippen molar-refractivity contribution in [1.82, 2.24) is 0 Å². The number of methoxy groups -OCH3 is 2. The molecule has 4 rings (SSSR count). The Kier molecular flexibility index (Phi) is 3.86. The second-order valence-electron chi connectivity index (χ2n) is 5.65. The Labute approximate surface area is 145 Å². The van der Waals surface area contributed by atoms with Gasteiger partial charge in [0.15, 0.2) is 0 Å². The standard InChI is InChI=1S/C21H17NO3/c1-23-15-7-5-6-14(10-15)13-22-18-12-20-17(11-21(18)24-2)16-8-3-4-9-19(16)25-20/h3-13H,1-2H3. The van der Waals surface area contributed by atoms with Crippen molar-refractivity contribution in [2.24, 2.45) is 4.99 Å². The fourth-order valence-corrected chi connectivity index (χ4v) is 2.87. The van der Waals surface area contributed by atoms with E-state index >= 15 is 0 Å². The second kappa shape index (κ2) is 6.32. The number of ether oxygens (including phenoxy) is 2. The third-order valence-corrected chi connectivity index (χ3v) is 4.12. The summed E-state index contributed by atoms with van der Waals surface area (Å²) in [7, 11) is 3.29. The molecule has 0 aliphatic heterocycles. The molecule has 0 aliphatic rings. The lowest BCUT2D eigenvalue weighted by Gasteiger charge is -2.04. The molecule has 0 aliphatic carbocycles. The van der Waals surface area contributed by atoms with Gasteiger partial charge in [0.05, 0.1) is 14.2 Å². The molecule has 0 saturated carbocycles. The van der Waals surface area contributed by atoms with Crippen LogP contribution in [0.4, 0.5) is 5.69 Å². The van der Waals surface area contributed by atoms with Gasteiger partial charge in [-0.3, -0.25) is 4.99 Å². The van der Waals surface area contributed by atoms with Crippen LogP contribution in [0.25, 0.3) is 21.9 Å². The van der Waals surface area contributed by atoms with Crippen molar-refractivity contribution < 1.29 is 13.9 Å². The minimum absolute atomic E-state index is 0.707. The maximum atomic E-state index is 5.93. The molecule has 0 radical (unpaired) electrons. The zero-order valence-corrected chi connectivity index (χ0v) is 14.0. The van der Waals surface area contributed by atoms with Gasteiger partial charge in [-0.2, -0.15) is 0 Å². The summed E-state index contributed by atoms with van der Waals surface area (Å²) in [5, 5.41) is 2.09. The van der Waals surface area contributed by atoms with Crippen LogP contribution < -0.4 is 9.47 Å². The van der Waals surface area contributed by atoms with E-state index in [1.165, 1.54) is 0 Å². The summed E-state index contributed by atoms with van der Waals surface area (Å²) >= 11 is 0. The topological polar surface area (TPSA) is 44.0 Å². The fraction of sp³-hybridized carbons (Fsp3) is 0.0952. The number of nitrogens with zero attached hydrogens (tertiary/aromatic N) is 1. The summed E-state index contributed by atoms with van der Waals surface area (Å²) in [5.74, 6) is 1.50. The molecule has 0 amide bonds. The summed E-state index contributed by atoms with van der Waals surface area (Å²) in [6.07, 6.45) is 1.79. The number of fused-ring (bicyclic) bond motifs is 3. The molecule has 4 nitrogen and oxygen atoms in total. The molecule has 0 atom stereocenters. The van der Waals surface area contributed by atoms with E-state index in [4.69, 9.17) is 13.9 Å². The average Bonchev–Trinajstić information content (AvgIpc) is 3.03. The van der Waals surface area contributed by atoms with E-state index in [-0.39, 0.29) is 0 Å². The van der Waals surface area contributed by atoms with E-state index in [1.807, 2.05) is 60.7 Å². The number of para-hydroxylation sites is 1. The molecule has 4 aromatic rings. The molecule has 0 saturated heterocycles. The van der Waals surface area contributed by atoms with Gasteiger partial charge in [-0.1, -0.05) is 30.3 Å². The molecule has 0 spiro atoms. The van der Waals surface area contributed by atoms with Crippen LogP contribution in [0, 0.1) is 0 Å². The third kappa shape index (κ3) is 2.83. The van der Waals surface area contributed by atoms with Crippen LogP contribution in [-0.2, 0) is 0 Å². The number of rotatable bonds is 4. The van der Waals surface area contributed by atoms with E-state index in [2.05, 4.69) is 4.99 Å². The lowest BCUT2D eigenvalue weighted by molar-refractivity contribution is 0.414. The van der Waals surface area contributed by atoms with E-state index < -0.39 is 0 Å². The normalized spacial score (nSPS) is 11.4. The molecular weight excluding hydrogens is 314 g/mol. The lowest BCUT2D eigenvalue weighted by Crippen LogP contribution is -1.87. The highest BCUT2D eigenvalue weighted by atomic mass is 16.5. The average molecular weight is 331 g/mol. The van der Waals surface area contributed by atoms with Gasteiger partial charge in [0.25, 0.3) is 0 Å². The minimum Gasteiger partial charge on any atom is -0.497 e. The lowest BCUT2D eigenvalue weighted by atomic mass is 10.1. The number of aliphatic imine (C=N–C) groups is 1. The van der Waals surface area contributed by atoms with Gasteiger partial charge in [0.2, 0.25) is 0 Å². The summed E-state index contributed by atoms with van der Waals surface area (Å²) in [6.45, 7) is 0. The van der Waals surface area contributed by atoms with E-state index in [9.17, 15) is 0 Å². The first-order chi connectivity index (χ1) is 12.3. The zero-order chi connectivity index (χ0) is 17.2.